The summed E-state index contributed by atoms with van der Waals surface area (Å²) in [4.78, 5) is 10.1. The minimum absolute atomic E-state index is 0.0440. The van der Waals surface area contributed by atoms with Gasteiger partial charge < -0.3 is 0 Å². The van der Waals surface area contributed by atoms with Crippen LogP contribution < -0.4 is 0 Å². The van der Waals surface area contributed by atoms with Gasteiger partial charge in [-0.25, -0.2) is 16.8 Å². The lowest BCUT2D eigenvalue weighted by atomic mass is 10.2. The highest BCUT2D eigenvalue weighted by molar-refractivity contribution is 7.92. The molecule has 0 N–H and O–H groups in total. The van der Waals surface area contributed by atoms with Gasteiger partial charge in [0.2, 0.25) is 10.0 Å². The van der Waals surface area contributed by atoms with Crippen LogP contribution in [0.15, 0.2) is 23.1 Å². The number of aryl methyl sites for hydroxylation is 1. The molecule has 0 bridgehead atoms. The highest BCUT2D eigenvalue weighted by atomic mass is 32.2. The first kappa shape index (κ1) is 17.8. The van der Waals surface area contributed by atoms with E-state index in [4.69, 9.17) is 0 Å². The van der Waals surface area contributed by atoms with Crippen molar-refractivity contribution in [3.63, 3.8) is 0 Å². The number of nitrogens with zero attached hydrogens (tertiary/aromatic N) is 2. The molecule has 1 saturated heterocycles. The number of nitro benzene ring substituents is 1. The molecule has 8 nitrogen and oxygen atoms in total. The summed E-state index contributed by atoms with van der Waals surface area (Å²) in [6.07, 6.45) is 0.239. The summed E-state index contributed by atoms with van der Waals surface area (Å²) >= 11 is 0. The van der Waals surface area contributed by atoms with Crippen molar-refractivity contribution in [2.45, 2.75) is 31.2 Å². The number of non-ortho nitro benzene ring substituents is 1. The van der Waals surface area contributed by atoms with E-state index in [1.54, 1.807) is 13.8 Å². The summed E-state index contributed by atoms with van der Waals surface area (Å²) in [6.45, 7) is 3.27. The number of sulfone groups is 1. The second-order valence-corrected chi connectivity index (χ2v) is 9.56. The predicted octanol–water partition coefficient (Wildman–Crippen LogP) is 1.10. The van der Waals surface area contributed by atoms with Gasteiger partial charge in [-0.1, -0.05) is 13.0 Å². The molecule has 1 heterocycles. The molecular weight excluding hydrogens is 344 g/mol. The van der Waals surface area contributed by atoms with Crippen molar-refractivity contribution in [2.75, 3.05) is 18.1 Å². The molecule has 1 aliphatic rings. The lowest BCUT2D eigenvalue weighted by Crippen LogP contribution is -2.41. The molecule has 0 aliphatic carbocycles. The van der Waals surface area contributed by atoms with Crippen LogP contribution in [-0.4, -0.2) is 50.2 Å². The largest absolute Gasteiger partial charge is 0.270 e. The van der Waals surface area contributed by atoms with Crippen LogP contribution in [0.25, 0.3) is 0 Å². The van der Waals surface area contributed by atoms with E-state index in [0.29, 0.717) is 5.56 Å². The molecule has 10 heteroatoms. The van der Waals surface area contributed by atoms with Gasteiger partial charge >= 0.3 is 0 Å². The highest BCUT2D eigenvalue weighted by Crippen LogP contribution is 2.28. The van der Waals surface area contributed by atoms with Crippen LogP contribution in [0, 0.1) is 17.0 Å². The first-order valence-electron chi connectivity index (χ1n) is 7.06. The van der Waals surface area contributed by atoms with Crippen molar-refractivity contribution in [3.05, 3.63) is 33.9 Å². The van der Waals surface area contributed by atoms with E-state index in [1.165, 1.54) is 12.1 Å². The summed E-state index contributed by atoms with van der Waals surface area (Å²) in [6, 6.07) is 3.01. The van der Waals surface area contributed by atoms with E-state index < -0.39 is 30.8 Å². The maximum atomic E-state index is 12.9. The molecule has 0 amide bonds. The van der Waals surface area contributed by atoms with Crippen LogP contribution in [0.3, 0.4) is 0 Å². The van der Waals surface area contributed by atoms with Crippen LogP contribution in [0.2, 0.25) is 0 Å². The zero-order valence-electron chi connectivity index (χ0n) is 12.8. The maximum absolute atomic E-state index is 12.9. The average molecular weight is 362 g/mol. The Balaban J connectivity index is 2.48. The number of hydrogen-bond donors (Lipinski definition) is 0. The minimum Gasteiger partial charge on any atom is -0.258 e. The molecule has 128 valence electrons. The Bertz CT molecular complexity index is 832. The molecule has 1 aromatic rings. The number of nitro groups is 1. The monoisotopic (exact) mass is 362 g/mol. The summed E-state index contributed by atoms with van der Waals surface area (Å²) in [5.74, 6) is -0.258. The van der Waals surface area contributed by atoms with Crippen molar-refractivity contribution in [1.82, 2.24) is 4.31 Å². The Morgan fingerprint density at radius 1 is 1.39 bits per heavy atom. The predicted molar refractivity (Wildman–Crippen MR) is 84.5 cm³/mol. The molecule has 0 radical (unpaired) electrons. The molecule has 0 spiro atoms. The van der Waals surface area contributed by atoms with Gasteiger partial charge in [0.05, 0.1) is 21.3 Å². The van der Waals surface area contributed by atoms with Gasteiger partial charge in [-0.2, -0.15) is 4.31 Å². The average Bonchev–Trinajstić information content (AvgIpc) is 2.79. The topological polar surface area (TPSA) is 115 Å². The molecule has 1 atom stereocenters. The lowest BCUT2D eigenvalue weighted by molar-refractivity contribution is -0.385. The lowest BCUT2D eigenvalue weighted by Gasteiger charge is -2.26. The molecule has 0 saturated carbocycles. The van der Waals surface area contributed by atoms with E-state index in [2.05, 4.69) is 0 Å². The minimum atomic E-state index is -4.01. The Morgan fingerprint density at radius 2 is 2.04 bits per heavy atom. The SMILES string of the molecule is CCN(C1CCS(=O)(=O)C1)S(=O)(=O)c1cc([N+](=O)[O-])ccc1C. The van der Waals surface area contributed by atoms with Gasteiger partial charge in [0.1, 0.15) is 0 Å². The van der Waals surface area contributed by atoms with E-state index in [-0.39, 0.29) is 35.1 Å². The number of sulfonamides is 1. The Kier molecular flexibility index (Phi) is 4.79. The van der Waals surface area contributed by atoms with E-state index in [0.717, 1.165) is 10.4 Å². The quantitative estimate of drug-likeness (QED) is 0.572. The fourth-order valence-electron chi connectivity index (χ4n) is 2.73. The van der Waals surface area contributed by atoms with Gasteiger partial charge in [0.15, 0.2) is 9.84 Å². The van der Waals surface area contributed by atoms with E-state index in [1.807, 2.05) is 0 Å². The highest BCUT2D eigenvalue weighted by Gasteiger charge is 2.38. The third kappa shape index (κ3) is 3.54. The first-order chi connectivity index (χ1) is 10.6. The fourth-order valence-corrected chi connectivity index (χ4v) is 6.47. The normalized spacial score (nSPS) is 20.7. The Hall–Kier alpha value is -1.52. The van der Waals surface area contributed by atoms with Crippen molar-refractivity contribution < 1.29 is 21.8 Å². The molecule has 1 aromatic carbocycles. The molecule has 1 aliphatic heterocycles. The second kappa shape index (κ2) is 6.17. The van der Waals surface area contributed by atoms with Gasteiger partial charge in [0, 0.05) is 24.7 Å². The molecule has 1 unspecified atom stereocenters. The maximum Gasteiger partial charge on any atom is 0.270 e. The smallest absolute Gasteiger partial charge is 0.258 e. The Labute approximate surface area is 135 Å². The summed E-state index contributed by atoms with van der Waals surface area (Å²) in [7, 11) is -7.25. The molecule has 1 fully saturated rings. The number of benzene rings is 1. The van der Waals surface area contributed by atoms with Gasteiger partial charge in [-0.3, -0.25) is 10.1 Å². The summed E-state index contributed by atoms with van der Waals surface area (Å²) < 4.78 is 50.1. The van der Waals surface area contributed by atoms with Gasteiger partial charge in [-0.15, -0.1) is 0 Å². The van der Waals surface area contributed by atoms with Crippen LogP contribution >= 0.6 is 0 Å². The van der Waals surface area contributed by atoms with Gasteiger partial charge in [-0.05, 0) is 18.9 Å². The van der Waals surface area contributed by atoms with Crippen molar-refractivity contribution in [1.29, 1.82) is 0 Å². The molecule has 0 aromatic heterocycles. The zero-order valence-corrected chi connectivity index (χ0v) is 14.4. The van der Waals surface area contributed by atoms with Crippen LogP contribution in [0.1, 0.15) is 18.9 Å². The van der Waals surface area contributed by atoms with Gasteiger partial charge in [0.25, 0.3) is 5.69 Å². The van der Waals surface area contributed by atoms with Crippen LogP contribution in [0.5, 0.6) is 0 Å². The molecule has 23 heavy (non-hydrogen) atoms. The summed E-state index contributed by atoms with van der Waals surface area (Å²) in [5, 5.41) is 10.9. The van der Waals surface area contributed by atoms with Crippen LogP contribution in [0.4, 0.5) is 5.69 Å². The van der Waals surface area contributed by atoms with Crippen molar-refractivity contribution in [3.8, 4) is 0 Å². The zero-order chi connectivity index (χ0) is 17.4. The van der Waals surface area contributed by atoms with Crippen molar-refractivity contribution >= 4 is 25.5 Å². The first-order valence-corrected chi connectivity index (χ1v) is 10.3. The van der Waals surface area contributed by atoms with E-state index >= 15 is 0 Å². The van der Waals surface area contributed by atoms with Crippen LogP contribution in [-0.2, 0) is 19.9 Å². The third-order valence-electron chi connectivity index (χ3n) is 3.90. The molecular formula is C13H18N2O6S2. The molecule has 2 rings (SSSR count). The van der Waals surface area contributed by atoms with E-state index in [9.17, 15) is 26.9 Å². The standard InChI is InChI=1S/C13H18N2O6S2/c1-3-14(12-6-7-22(18,19)9-12)23(20,21)13-8-11(15(16)17)5-4-10(13)2/h4-5,8,12H,3,6-7,9H2,1-2H3. The fraction of sp³-hybridized carbons (Fsp3) is 0.538. The second-order valence-electron chi connectivity index (χ2n) is 5.47. The Morgan fingerprint density at radius 3 is 2.52 bits per heavy atom. The third-order valence-corrected chi connectivity index (χ3v) is 7.82. The number of rotatable bonds is 5. The summed E-state index contributed by atoms with van der Waals surface area (Å²) in [5.41, 5.74) is 0.0687. The number of hydrogen-bond acceptors (Lipinski definition) is 6. The van der Waals surface area contributed by atoms with Crippen molar-refractivity contribution in [2.24, 2.45) is 0 Å².